The highest BCUT2D eigenvalue weighted by atomic mass is 16.2. The van der Waals surface area contributed by atoms with Crippen molar-refractivity contribution in [2.45, 2.75) is 31.8 Å². The number of carbonyl (C=O) groups excluding carboxylic acids is 3. The molecule has 0 radical (unpaired) electrons. The number of hydrogen-bond acceptors (Lipinski definition) is 4. The number of benzene rings is 3. The Morgan fingerprint density at radius 1 is 0.879 bits per heavy atom. The Kier molecular flexibility index (Phi) is 4.12. The minimum atomic E-state index is -1.39. The van der Waals surface area contributed by atoms with Crippen LogP contribution in [0, 0.1) is 12.3 Å². The van der Waals surface area contributed by atoms with Gasteiger partial charge in [0.15, 0.2) is 17.3 Å². The average molecular weight is 434 g/mol. The molecule has 1 spiro atoms. The van der Waals surface area contributed by atoms with E-state index >= 15 is 0 Å². The smallest absolute Gasteiger partial charge is 0.180 e. The maximum absolute atomic E-state index is 14.2. The van der Waals surface area contributed by atoms with Gasteiger partial charge in [-0.1, -0.05) is 78.9 Å². The summed E-state index contributed by atoms with van der Waals surface area (Å²) in [4.78, 5) is 43.8. The predicted octanol–water partition coefficient (Wildman–Crippen LogP) is 5.02. The van der Waals surface area contributed by atoms with Crippen LogP contribution >= 0.6 is 0 Å². The van der Waals surface area contributed by atoms with Crippen molar-refractivity contribution >= 4 is 29.1 Å². The lowest BCUT2D eigenvalue weighted by Gasteiger charge is -2.37. The van der Waals surface area contributed by atoms with Crippen molar-refractivity contribution in [3.63, 3.8) is 0 Å². The highest BCUT2D eigenvalue weighted by Crippen LogP contribution is 2.60. The minimum Gasteiger partial charge on any atom is -0.352 e. The molecule has 1 saturated heterocycles. The predicted molar refractivity (Wildman–Crippen MR) is 128 cm³/mol. The molecule has 0 saturated carbocycles. The van der Waals surface area contributed by atoms with Gasteiger partial charge in [0.25, 0.3) is 0 Å². The number of anilines is 1. The summed E-state index contributed by atoms with van der Waals surface area (Å²) in [7, 11) is 0. The summed E-state index contributed by atoms with van der Waals surface area (Å²) >= 11 is 0. The van der Waals surface area contributed by atoms with Crippen LogP contribution in [0.25, 0.3) is 6.08 Å². The van der Waals surface area contributed by atoms with Gasteiger partial charge in [0.1, 0.15) is 5.41 Å². The summed E-state index contributed by atoms with van der Waals surface area (Å²) in [6.07, 6.45) is 3.95. The molecular formula is C29H23NO3. The molecule has 2 heterocycles. The number of ketones is 3. The Morgan fingerprint density at radius 2 is 1.52 bits per heavy atom. The van der Waals surface area contributed by atoms with Crippen molar-refractivity contribution in [2.75, 3.05) is 4.90 Å². The summed E-state index contributed by atoms with van der Waals surface area (Å²) in [5, 5.41) is 0. The molecule has 0 bridgehead atoms. The van der Waals surface area contributed by atoms with Gasteiger partial charge in [0, 0.05) is 22.7 Å². The average Bonchev–Trinajstić information content (AvgIpc) is 3.27. The van der Waals surface area contributed by atoms with E-state index in [1.54, 1.807) is 31.2 Å². The zero-order chi connectivity index (χ0) is 22.9. The molecule has 2 aliphatic heterocycles. The fourth-order valence-corrected chi connectivity index (χ4v) is 6.26. The van der Waals surface area contributed by atoms with Gasteiger partial charge in [-0.15, -0.1) is 0 Å². The number of nitrogens with zero attached hydrogens (tertiary/aromatic N) is 1. The Balaban J connectivity index is 1.69. The maximum Gasteiger partial charge on any atom is 0.180 e. The van der Waals surface area contributed by atoms with E-state index in [2.05, 4.69) is 6.07 Å². The van der Waals surface area contributed by atoms with Crippen LogP contribution in [0.5, 0.6) is 0 Å². The van der Waals surface area contributed by atoms with Gasteiger partial charge in [-0.05, 0) is 36.6 Å². The van der Waals surface area contributed by atoms with Crippen LogP contribution in [0.4, 0.5) is 5.69 Å². The second kappa shape index (κ2) is 6.85. The van der Waals surface area contributed by atoms with Gasteiger partial charge in [-0.2, -0.15) is 0 Å². The third-order valence-corrected chi connectivity index (χ3v) is 7.54. The Bertz CT molecular complexity index is 1340. The van der Waals surface area contributed by atoms with Crippen LogP contribution in [-0.4, -0.2) is 29.4 Å². The van der Waals surface area contributed by atoms with Gasteiger partial charge < -0.3 is 4.90 Å². The lowest BCUT2D eigenvalue weighted by Crippen LogP contribution is -2.48. The first-order valence-corrected chi connectivity index (χ1v) is 11.3. The summed E-state index contributed by atoms with van der Waals surface area (Å²) in [6.45, 7) is 3.58. The minimum absolute atomic E-state index is 0.0509. The van der Waals surface area contributed by atoms with E-state index in [0.717, 1.165) is 22.4 Å². The molecule has 3 unspecified atom stereocenters. The van der Waals surface area contributed by atoms with Crippen LogP contribution in [0.2, 0.25) is 0 Å². The van der Waals surface area contributed by atoms with Crippen molar-refractivity contribution in [3.8, 4) is 0 Å². The fraction of sp³-hybridized carbons (Fsp3) is 0.207. The van der Waals surface area contributed by atoms with Crippen LogP contribution in [0.1, 0.15) is 50.2 Å². The second-order valence-corrected chi connectivity index (χ2v) is 9.29. The standard InChI is InChI=1S/C29H23NO3/c1-17-12-13-19-14-15-24-29(27(32)21-10-6-7-11-22(21)28(29)33)25(20-8-4-3-5-9-20)26(18(2)31)30(24)23(19)16-17/h3-16,24-26H,1-2H3. The number of carbonyl (C=O) groups is 3. The number of fused-ring (bicyclic) bond motifs is 5. The monoisotopic (exact) mass is 433 g/mol. The fourth-order valence-electron chi connectivity index (χ4n) is 6.26. The molecule has 0 aromatic heterocycles. The molecule has 33 heavy (non-hydrogen) atoms. The summed E-state index contributed by atoms with van der Waals surface area (Å²) in [5.74, 6) is -1.01. The normalized spacial score (nSPS) is 24.1. The number of rotatable bonds is 2. The van der Waals surface area contributed by atoms with E-state index in [1.165, 1.54) is 0 Å². The molecular weight excluding hydrogens is 410 g/mol. The SMILES string of the molecule is CC(=O)C1C(c2ccccc2)C2(C(=O)c3ccccc3C2=O)C2C=Cc3ccc(C)cc3N12. The number of hydrogen-bond donors (Lipinski definition) is 0. The van der Waals surface area contributed by atoms with E-state index in [-0.39, 0.29) is 17.3 Å². The molecule has 4 nitrogen and oxygen atoms in total. The van der Waals surface area contributed by atoms with E-state index in [4.69, 9.17) is 0 Å². The molecule has 1 fully saturated rings. The number of aryl methyl sites for hydroxylation is 1. The van der Waals surface area contributed by atoms with Crippen LogP contribution in [-0.2, 0) is 4.79 Å². The van der Waals surface area contributed by atoms with Gasteiger partial charge in [0.05, 0.1) is 12.1 Å². The van der Waals surface area contributed by atoms with Crippen molar-refractivity contribution in [1.82, 2.24) is 0 Å². The molecule has 3 atom stereocenters. The lowest BCUT2D eigenvalue weighted by molar-refractivity contribution is -0.118. The van der Waals surface area contributed by atoms with Crippen LogP contribution in [0.15, 0.2) is 78.9 Å². The Hall–Kier alpha value is -3.79. The van der Waals surface area contributed by atoms with E-state index in [1.807, 2.05) is 66.4 Å². The largest absolute Gasteiger partial charge is 0.352 e. The topological polar surface area (TPSA) is 54.5 Å². The van der Waals surface area contributed by atoms with Crippen molar-refractivity contribution in [1.29, 1.82) is 0 Å². The molecule has 1 aliphatic carbocycles. The molecule has 3 aliphatic rings. The van der Waals surface area contributed by atoms with Crippen LogP contribution < -0.4 is 4.90 Å². The summed E-state index contributed by atoms with van der Waals surface area (Å²) in [6, 6.07) is 21.6. The quantitative estimate of drug-likeness (QED) is 0.533. The van der Waals surface area contributed by atoms with Crippen molar-refractivity contribution in [3.05, 3.63) is 107 Å². The molecule has 0 amide bonds. The van der Waals surface area contributed by atoms with Gasteiger partial charge in [0.2, 0.25) is 0 Å². The lowest BCUT2D eigenvalue weighted by atomic mass is 9.64. The highest BCUT2D eigenvalue weighted by Gasteiger charge is 2.71. The Morgan fingerprint density at radius 3 is 2.15 bits per heavy atom. The molecule has 6 rings (SSSR count). The summed E-state index contributed by atoms with van der Waals surface area (Å²) < 4.78 is 0. The van der Waals surface area contributed by atoms with Gasteiger partial charge in [-0.25, -0.2) is 0 Å². The molecule has 3 aromatic carbocycles. The van der Waals surface area contributed by atoms with Crippen molar-refractivity contribution < 1.29 is 14.4 Å². The van der Waals surface area contributed by atoms with Gasteiger partial charge in [-0.3, -0.25) is 14.4 Å². The highest BCUT2D eigenvalue weighted by molar-refractivity contribution is 6.32. The molecule has 3 aromatic rings. The van der Waals surface area contributed by atoms with Crippen LogP contribution in [0.3, 0.4) is 0 Å². The third kappa shape index (κ3) is 2.44. The maximum atomic E-state index is 14.2. The summed E-state index contributed by atoms with van der Waals surface area (Å²) in [5.41, 5.74) is 3.31. The van der Waals surface area contributed by atoms with E-state index in [0.29, 0.717) is 11.1 Å². The Labute approximate surface area is 192 Å². The second-order valence-electron chi connectivity index (χ2n) is 9.29. The third-order valence-electron chi connectivity index (χ3n) is 7.54. The van der Waals surface area contributed by atoms with Gasteiger partial charge >= 0.3 is 0 Å². The first-order chi connectivity index (χ1) is 16.0. The van der Waals surface area contributed by atoms with E-state index < -0.39 is 23.4 Å². The molecule has 0 N–H and O–H groups in total. The molecule has 4 heteroatoms. The number of Topliss-reactive ketones (excluding diaryl/α,β-unsaturated/α-hetero) is 3. The first kappa shape index (κ1) is 19.9. The first-order valence-electron chi connectivity index (χ1n) is 11.3. The molecule has 162 valence electrons. The zero-order valence-corrected chi connectivity index (χ0v) is 18.5. The zero-order valence-electron chi connectivity index (χ0n) is 18.5. The van der Waals surface area contributed by atoms with E-state index in [9.17, 15) is 14.4 Å². The van der Waals surface area contributed by atoms with Crippen molar-refractivity contribution in [2.24, 2.45) is 5.41 Å².